The third-order valence-corrected chi connectivity index (χ3v) is 4.92. The van der Waals surface area contributed by atoms with Crippen molar-refractivity contribution in [1.82, 2.24) is 0 Å². The highest BCUT2D eigenvalue weighted by Crippen LogP contribution is 2.31. The fraction of sp³-hybridized carbons (Fsp3) is 0.273. The summed E-state index contributed by atoms with van der Waals surface area (Å²) in [7, 11) is 0. The molecule has 3 heteroatoms. The van der Waals surface area contributed by atoms with Crippen molar-refractivity contribution in [2.75, 3.05) is 18.1 Å². The molecule has 0 amide bonds. The number of hydrogen-bond acceptors (Lipinski definition) is 3. The molecule has 0 spiro atoms. The summed E-state index contributed by atoms with van der Waals surface area (Å²) in [5.41, 5.74) is 2.59. The van der Waals surface area contributed by atoms with Crippen LogP contribution in [-0.4, -0.2) is 30.4 Å². The van der Waals surface area contributed by atoms with Crippen molar-refractivity contribution in [3.05, 3.63) is 72.3 Å². The molecular formula is C22H23NO2. The van der Waals surface area contributed by atoms with Crippen molar-refractivity contribution in [2.24, 2.45) is 0 Å². The molecule has 1 N–H and O–H groups in total. The lowest BCUT2D eigenvalue weighted by Crippen LogP contribution is -2.39. The van der Waals surface area contributed by atoms with Gasteiger partial charge >= 0.3 is 0 Å². The highest BCUT2D eigenvalue weighted by atomic mass is 16.5. The third kappa shape index (κ3) is 3.33. The molecule has 0 fully saturated rings. The number of rotatable bonds is 5. The highest BCUT2D eigenvalue weighted by Gasteiger charge is 2.27. The highest BCUT2D eigenvalue weighted by molar-refractivity contribution is 5.83. The second-order valence-corrected chi connectivity index (χ2v) is 6.81. The molecule has 0 radical (unpaired) electrons. The minimum Gasteiger partial charge on any atom is -0.491 e. The number of nitrogens with zero attached hydrogens (tertiary/aromatic N) is 1. The minimum absolute atomic E-state index is 0.295. The molecule has 3 aromatic carbocycles. The number of anilines is 1. The number of benzene rings is 3. The molecule has 1 aliphatic heterocycles. The molecule has 25 heavy (non-hydrogen) atoms. The Bertz CT molecular complexity index is 877. The van der Waals surface area contributed by atoms with Gasteiger partial charge in [0.05, 0.1) is 0 Å². The smallest absolute Gasteiger partial charge is 0.120 e. The van der Waals surface area contributed by atoms with E-state index in [0.717, 1.165) is 17.6 Å². The van der Waals surface area contributed by atoms with Crippen molar-refractivity contribution in [3.63, 3.8) is 0 Å². The molecule has 0 unspecified atom stereocenters. The van der Waals surface area contributed by atoms with Crippen LogP contribution in [0.5, 0.6) is 5.75 Å². The van der Waals surface area contributed by atoms with Crippen LogP contribution in [0.3, 0.4) is 0 Å². The SMILES string of the molecule is C[C@@H]1Cc2ccccc2N1C[C@@H](O)COc1ccc2ccccc2c1. The lowest BCUT2D eigenvalue weighted by molar-refractivity contribution is 0.111. The predicted octanol–water partition coefficient (Wildman–Crippen LogP) is 4.03. The Morgan fingerprint density at radius 3 is 2.68 bits per heavy atom. The van der Waals surface area contributed by atoms with E-state index >= 15 is 0 Å². The molecule has 0 aromatic heterocycles. The number of fused-ring (bicyclic) bond motifs is 2. The van der Waals surface area contributed by atoms with Gasteiger partial charge in [0.15, 0.2) is 0 Å². The van der Waals surface area contributed by atoms with Gasteiger partial charge in [0.25, 0.3) is 0 Å². The first kappa shape index (κ1) is 16.0. The third-order valence-electron chi connectivity index (χ3n) is 4.92. The van der Waals surface area contributed by atoms with E-state index in [1.165, 1.54) is 16.6 Å². The average Bonchev–Trinajstić information content (AvgIpc) is 2.95. The number of aliphatic hydroxyl groups excluding tert-OH is 1. The monoisotopic (exact) mass is 333 g/mol. The topological polar surface area (TPSA) is 32.7 Å². The van der Waals surface area contributed by atoms with Gasteiger partial charge in [-0.15, -0.1) is 0 Å². The van der Waals surface area contributed by atoms with Crippen molar-refractivity contribution in [1.29, 1.82) is 0 Å². The molecule has 1 heterocycles. The lowest BCUT2D eigenvalue weighted by Gasteiger charge is -2.27. The normalized spacial score (nSPS) is 17.5. The average molecular weight is 333 g/mol. The molecule has 2 atom stereocenters. The van der Waals surface area contributed by atoms with Gasteiger partial charge in [-0.2, -0.15) is 0 Å². The molecule has 128 valence electrons. The molecule has 0 aliphatic carbocycles. The Labute approximate surface area is 148 Å². The summed E-state index contributed by atoms with van der Waals surface area (Å²) < 4.78 is 5.83. The summed E-state index contributed by atoms with van der Waals surface area (Å²) in [4.78, 5) is 2.28. The van der Waals surface area contributed by atoms with Gasteiger partial charge in [-0.3, -0.25) is 0 Å². The number of hydrogen-bond donors (Lipinski definition) is 1. The van der Waals surface area contributed by atoms with E-state index in [1.807, 2.05) is 24.3 Å². The Kier molecular flexibility index (Phi) is 4.33. The van der Waals surface area contributed by atoms with Crippen LogP contribution >= 0.6 is 0 Å². The fourth-order valence-corrected chi connectivity index (χ4v) is 3.64. The molecule has 0 bridgehead atoms. The van der Waals surface area contributed by atoms with E-state index in [4.69, 9.17) is 4.74 Å². The molecule has 4 rings (SSSR count). The van der Waals surface area contributed by atoms with Crippen molar-refractivity contribution in [2.45, 2.75) is 25.5 Å². The van der Waals surface area contributed by atoms with E-state index in [-0.39, 0.29) is 0 Å². The van der Waals surface area contributed by atoms with Gasteiger partial charge in [0, 0.05) is 18.3 Å². The molecule has 3 aromatic rings. The first-order chi connectivity index (χ1) is 12.2. The summed E-state index contributed by atoms with van der Waals surface area (Å²) in [6, 6.07) is 23.1. The summed E-state index contributed by atoms with van der Waals surface area (Å²) in [5, 5.41) is 12.8. The summed E-state index contributed by atoms with van der Waals surface area (Å²) in [5.74, 6) is 0.799. The van der Waals surface area contributed by atoms with Crippen molar-refractivity contribution < 1.29 is 9.84 Å². The van der Waals surface area contributed by atoms with Crippen LogP contribution in [0.15, 0.2) is 66.7 Å². The van der Waals surface area contributed by atoms with Gasteiger partial charge in [0.2, 0.25) is 0 Å². The quantitative estimate of drug-likeness (QED) is 0.765. The predicted molar refractivity (Wildman–Crippen MR) is 102 cm³/mol. The lowest BCUT2D eigenvalue weighted by atomic mass is 10.1. The van der Waals surface area contributed by atoms with Crippen LogP contribution < -0.4 is 9.64 Å². The maximum absolute atomic E-state index is 10.5. The maximum atomic E-state index is 10.5. The summed E-state index contributed by atoms with van der Waals surface area (Å²) in [6.45, 7) is 3.09. The van der Waals surface area contributed by atoms with E-state index < -0.39 is 6.10 Å². The number of para-hydroxylation sites is 1. The van der Waals surface area contributed by atoms with Crippen LogP contribution in [0.2, 0.25) is 0 Å². The number of ether oxygens (including phenoxy) is 1. The second kappa shape index (κ2) is 6.77. The van der Waals surface area contributed by atoms with Crippen LogP contribution in [0, 0.1) is 0 Å². The second-order valence-electron chi connectivity index (χ2n) is 6.81. The van der Waals surface area contributed by atoms with Gasteiger partial charge < -0.3 is 14.7 Å². The first-order valence-electron chi connectivity index (χ1n) is 8.85. The van der Waals surface area contributed by atoms with E-state index in [9.17, 15) is 5.11 Å². The Morgan fingerprint density at radius 1 is 1.04 bits per heavy atom. The summed E-state index contributed by atoms with van der Waals surface area (Å²) in [6.07, 6.45) is 0.508. The van der Waals surface area contributed by atoms with Gasteiger partial charge in [0.1, 0.15) is 18.5 Å². The molecule has 0 saturated carbocycles. The standard InChI is InChI=1S/C22H23NO2/c1-16-12-19-8-4-5-9-22(19)23(16)14-20(24)15-25-21-11-10-17-6-2-3-7-18(17)13-21/h2-11,13,16,20,24H,12,14-15H2,1H3/t16-,20-/m1/s1. The minimum atomic E-state index is -0.528. The van der Waals surface area contributed by atoms with Crippen LogP contribution in [0.25, 0.3) is 10.8 Å². The molecule has 1 aliphatic rings. The molecule has 0 saturated heterocycles. The van der Waals surface area contributed by atoms with Crippen molar-refractivity contribution in [3.8, 4) is 5.75 Å². The van der Waals surface area contributed by atoms with E-state index in [2.05, 4.69) is 54.3 Å². The fourth-order valence-electron chi connectivity index (χ4n) is 3.64. The summed E-state index contributed by atoms with van der Waals surface area (Å²) >= 11 is 0. The van der Waals surface area contributed by atoms with Gasteiger partial charge in [-0.1, -0.05) is 48.5 Å². The Hall–Kier alpha value is -2.52. The zero-order valence-corrected chi connectivity index (χ0v) is 14.4. The molecular weight excluding hydrogens is 310 g/mol. The zero-order chi connectivity index (χ0) is 17.2. The number of aliphatic hydroxyl groups is 1. The van der Waals surface area contributed by atoms with Gasteiger partial charge in [-0.25, -0.2) is 0 Å². The van der Waals surface area contributed by atoms with Gasteiger partial charge in [-0.05, 0) is 47.9 Å². The van der Waals surface area contributed by atoms with E-state index in [1.54, 1.807) is 0 Å². The first-order valence-corrected chi connectivity index (χ1v) is 8.85. The van der Waals surface area contributed by atoms with E-state index in [0.29, 0.717) is 19.2 Å². The van der Waals surface area contributed by atoms with Crippen molar-refractivity contribution >= 4 is 16.5 Å². The van der Waals surface area contributed by atoms with Crippen LogP contribution in [0.1, 0.15) is 12.5 Å². The van der Waals surface area contributed by atoms with Crippen LogP contribution in [-0.2, 0) is 6.42 Å². The largest absolute Gasteiger partial charge is 0.491 e. The Morgan fingerprint density at radius 2 is 1.80 bits per heavy atom. The number of β-amino-alcohol motifs (C(OH)–C–C–N with tert-alkyl or cyclic N) is 1. The van der Waals surface area contributed by atoms with Crippen LogP contribution in [0.4, 0.5) is 5.69 Å². The Balaban J connectivity index is 1.39. The maximum Gasteiger partial charge on any atom is 0.120 e. The molecule has 3 nitrogen and oxygen atoms in total. The zero-order valence-electron chi connectivity index (χ0n) is 14.4.